The average Bonchev–Trinajstić information content (AvgIpc) is 3.27. The third kappa shape index (κ3) is 2.00. The number of nitrogens with one attached hydrogen (secondary N) is 1. The number of para-hydroxylation sites is 1. The number of aliphatic hydroxyl groups is 1. The molecule has 146 valence electrons. The number of rotatable bonds is 3. The molecular weight excluding hydrogens is 344 g/mol. The van der Waals surface area contributed by atoms with Crippen molar-refractivity contribution >= 4 is 11.7 Å². The van der Waals surface area contributed by atoms with Crippen molar-refractivity contribution < 1.29 is 19.4 Å². The molecular formula is C21H28N2O4. The first kappa shape index (κ1) is 17.3. The van der Waals surface area contributed by atoms with Crippen molar-refractivity contribution in [1.29, 1.82) is 0 Å². The number of nitrogens with zero attached hydrogens (tertiary/aromatic N) is 1. The predicted molar refractivity (Wildman–Crippen MR) is 101 cm³/mol. The fourth-order valence-corrected chi connectivity index (χ4v) is 6.93. The van der Waals surface area contributed by atoms with E-state index in [0.717, 1.165) is 56.6 Å². The third-order valence-electron chi connectivity index (χ3n) is 7.85. The van der Waals surface area contributed by atoms with E-state index in [2.05, 4.69) is 22.3 Å². The number of aliphatic hydroxyl groups excluding tert-OH is 1. The summed E-state index contributed by atoms with van der Waals surface area (Å²) in [5, 5.41) is 14.9. The molecule has 0 amide bonds. The van der Waals surface area contributed by atoms with Crippen LogP contribution in [0.25, 0.3) is 0 Å². The SMILES string of the molecule is COC(=O)C(O)C12CCCN3CCC4(c5cccc(OC)c5NC4CC1)C32. The van der Waals surface area contributed by atoms with Crippen LogP contribution in [0.4, 0.5) is 5.69 Å². The maximum Gasteiger partial charge on any atom is 0.335 e. The molecule has 1 aromatic carbocycles. The molecule has 0 aromatic heterocycles. The first-order valence-corrected chi connectivity index (χ1v) is 10.0. The molecule has 3 heterocycles. The second kappa shape index (κ2) is 5.85. The molecule has 3 fully saturated rings. The molecule has 1 spiro atoms. The molecule has 6 heteroatoms. The Kier molecular flexibility index (Phi) is 3.75. The van der Waals surface area contributed by atoms with Gasteiger partial charge in [0.05, 0.1) is 19.9 Å². The molecule has 2 N–H and O–H groups in total. The number of ether oxygens (including phenoxy) is 2. The number of carbonyl (C=O) groups excluding carboxylic acids is 1. The van der Waals surface area contributed by atoms with Gasteiger partial charge in [0.15, 0.2) is 6.10 Å². The minimum absolute atomic E-state index is 0.0858. The van der Waals surface area contributed by atoms with E-state index >= 15 is 0 Å². The summed E-state index contributed by atoms with van der Waals surface area (Å²) in [6.45, 7) is 2.04. The van der Waals surface area contributed by atoms with Gasteiger partial charge in [-0.1, -0.05) is 12.1 Å². The topological polar surface area (TPSA) is 71.0 Å². The highest BCUT2D eigenvalue weighted by Gasteiger charge is 2.69. The first-order valence-electron chi connectivity index (χ1n) is 10.0. The quantitative estimate of drug-likeness (QED) is 0.790. The van der Waals surface area contributed by atoms with Gasteiger partial charge in [-0.3, -0.25) is 4.90 Å². The molecule has 27 heavy (non-hydrogen) atoms. The Bertz CT molecular complexity index is 783. The molecule has 2 saturated heterocycles. The zero-order valence-electron chi connectivity index (χ0n) is 16.0. The summed E-state index contributed by atoms with van der Waals surface area (Å²) >= 11 is 0. The van der Waals surface area contributed by atoms with Crippen molar-refractivity contribution in [2.45, 2.75) is 55.7 Å². The molecule has 4 aliphatic rings. The number of benzene rings is 1. The standard InChI is InChI=1S/C21H28N2O4/c1-26-14-6-3-5-13-16(14)22-15-7-9-20(17(24)18(25)27-2)8-4-11-23-12-10-21(13,15)19(20)23/h3,5-6,15,17,19,22,24H,4,7-12H2,1-2H3. The Morgan fingerprint density at radius 2 is 2.15 bits per heavy atom. The predicted octanol–water partition coefficient (Wildman–Crippen LogP) is 1.91. The molecule has 6 nitrogen and oxygen atoms in total. The van der Waals surface area contributed by atoms with Gasteiger partial charge in [0.2, 0.25) is 0 Å². The fraction of sp³-hybridized carbons (Fsp3) is 0.667. The molecule has 1 aromatic rings. The van der Waals surface area contributed by atoms with E-state index in [1.165, 1.54) is 12.7 Å². The number of methoxy groups -OCH3 is 2. The molecule has 5 rings (SSSR count). The van der Waals surface area contributed by atoms with Crippen LogP contribution in [0.5, 0.6) is 5.75 Å². The molecule has 1 aliphatic carbocycles. The Balaban J connectivity index is 1.68. The summed E-state index contributed by atoms with van der Waals surface area (Å²) in [5.74, 6) is 0.388. The lowest BCUT2D eigenvalue weighted by Gasteiger charge is -2.58. The number of piperidine rings is 1. The lowest BCUT2D eigenvalue weighted by atomic mass is 9.51. The molecule has 1 saturated carbocycles. The van der Waals surface area contributed by atoms with E-state index in [-0.39, 0.29) is 11.5 Å². The largest absolute Gasteiger partial charge is 0.495 e. The number of fused-ring (bicyclic) bond motifs is 1. The Labute approximate surface area is 159 Å². The van der Waals surface area contributed by atoms with Crippen LogP contribution in [0.3, 0.4) is 0 Å². The number of anilines is 1. The van der Waals surface area contributed by atoms with Gasteiger partial charge in [-0.25, -0.2) is 4.79 Å². The second-order valence-electron chi connectivity index (χ2n) is 8.61. The van der Waals surface area contributed by atoms with E-state index < -0.39 is 17.5 Å². The summed E-state index contributed by atoms with van der Waals surface area (Å²) in [6, 6.07) is 6.74. The maximum absolute atomic E-state index is 12.4. The van der Waals surface area contributed by atoms with Gasteiger partial charge in [0, 0.05) is 22.9 Å². The zero-order valence-corrected chi connectivity index (χ0v) is 16.0. The third-order valence-corrected chi connectivity index (χ3v) is 7.85. The van der Waals surface area contributed by atoms with Crippen LogP contribution < -0.4 is 10.1 Å². The van der Waals surface area contributed by atoms with Crippen LogP contribution in [-0.4, -0.2) is 61.5 Å². The lowest BCUT2D eigenvalue weighted by molar-refractivity contribution is -0.171. The van der Waals surface area contributed by atoms with E-state index in [4.69, 9.17) is 9.47 Å². The minimum atomic E-state index is -1.07. The summed E-state index contributed by atoms with van der Waals surface area (Å²) in [7, 11) is 3.08. The van der Waals surface area contributed by atoms with Crippen molar-refractivity contribution in [3.8, 4) is 5.75 Å². The van der Waals surface area contributed by atoms with Crippen LogP contribution in [0.2, 0.25) is 0 Å². The van der Waals surface area contributed by atoms with Gasteiger partial charge in [-0.2, -0.15) is 0 Å². The van der Waals surface area contributed by atoms with E-state index in [1.807, 2.05) is 6.07 Å². The normalized spacial score (nSPS) is 37.6. The molecule has 3 aliphatic heterocycles. The Morgan fingerprint density at radius 1 is 1.30 bits per heavy atom. The Hall–Kier alpha value is -1.79. The fourth-order valence-electron chi connectivity index (χ4n) is 6.93. The van der Waals surface area contributed by atoms with Gasteiger partial charge in [0.25, 0.3) is 0 Å². The Morgan fingerprint density at radius 3 is 2.93 bits per heavy atom. The average molecular weight is 372 g/mol. The van der Waals surface area contributed by atoms with Gasteiger partial charge < -0.3 is 19.9 Å². The number of hydrogen-bond donors (Lipinski definition) is 2. The highest BCUT2D eigenvalue weighted by atomic mass is 16.5. The summed E-state index contributed by atoms with van der Waals surface area (Å²) in [4.78, 5) is 14.9. The molecule has 0 bridgehead atoms. The van der Waals surface area contributed by atoms with Crippen molar-refractivity contribution in [2.24, 2.45) is 5.41 Å². The van der Waals surface area contributed by atoms with Crippen LogP contribution in [0.15, 0.2) is 18.2 Å². The number of esters is 1. The van der Waals surface area contributed by atoms with Crippen molar-refractivity contribution in [3.63, 3.8) is 0 Å². The number of carbonyl (C=O) groups is 1. The maximum atomic E-state index is 12.4. The number of hydrogen-bond acceptors (Lipinski definition) is 6. The minimum Gasteiger partial charge on any atom is -0.495 e. The van der Waals surface area contributed by atoms with Crippen LogP contribution in [0, 0.1) is 5.41 Å². The van der Waals surface area contributed by atoms with Crippen molar-refractivity contribution in [3.05, 3.63) is 23.8 Å². The first-order chi connectivity index (χ1) is 13.1. The van der Waals surface area contributed by atoms with Gasteiger partial charge >= 0.3 is 5.97 Å². The van der Waals surface area contributed by atoms with Gasteiger partial charge in [-0.15, -0.1) is 0 Å². The molecule has 0 radical (unpaired) electrons. The smallest absolute Gasteiger partial charge is 0.335 e. The highest BCUT2D eigenvalue weighted by Crippen LogP contribution is 2.64. The van der Waals surface area contributed by atoms with Gasteiger partial charge in [-0.05, 0) is 56.8 Å². The monoisotopic (exact) mass is 372 g/mol. The van der Waals surface area contributed by atoms with Crippen LogP contribution in [-0.2, 0) is 14.9 Å². The summed E-state index contributed by atoms with van der Waals surface area (Å²) in [6.07, 6.45) is 3.64. The van der Waals surface area contributed by atoms with E-state index in [0.29, 0.717) is 6.04 Å². The summed E-state index contributed by atoms with van der Waals surface area (Å²) < 4.78 is 10.6. The van der Waals surface area contributed by atoms with Gasteiger partial charge in [0.1, 0.15) is 5.75 Å². The van der Waals surface area contributed by atoms with Crippen LogP contribution >= 0.6 is 0 Å². The van der Waals surface area contributed by atoms with Crippen molar-refractivity contribution in [2.75, 3.05) is 32.6 Å². The summed E-state index contributed by atoms with van der Waals surface area (Å²) in [5.41, 5.74) is 1.87. The van der Waals surface area contributed by atoms with Crippen molar-refractivity contribution in [1.82, 2.24) is 4.90 Å². The van der Waals surface area contributed by atoms with E-state index in [9.17, 15) is 9.90 Å². The van der Waals surface area contributed by atoms with E-state index in [1.54, 1.807) is 7.11 Å². The molecule has 5 atom stereocenters. The highest BCUT2D eigenvalue weighted by molar-refractivity contribution is 5.77. The van der Waals surface area contributed by atoms with Crippen LogP contribution in [0.1, 0.15) is 37.7 Å². The zero-order chi connectivity index (χ0) is 18.8. The lowest BCUT2D eigenvalue weighted by Crippen LogP contribution is -2.67. The molecule has 5 unspecified atom stereocenters. The second-order valence-corrected chi connectivity index (χ2v) is 8.61.